The largest absolute Gasteiger partial charge is 0.342 e. The normalized spacial score (nSPS) is 24.4. The number of piperidine rings is 1. The predicted octanol–water partition coefficient (Wildman–Crippen LogP) is 0.949. The minimum atomic E-state index is 0.394. The molecule has 80 valence electrons. The summed E-state index contributed by atoms with van der Waals surface area (Å²) in [5.41, 5.74) is 0. The van der Waals surface area contributed by atoms with E-state index in [0.29, 0.717) is 17.9 Å². The van der Waals surface area contributed by atoms with E-state index in [9.17, 15) is 4.79 Å². The van der Waals surface area contributed by atoms with Crippen molar-refractivity contribution < 1.29 is 4.79 Å². The van der Waals surface area contributed by atoms with Crippen molar-refractivity contribution in [2.45, 2.75) is 31.7 Å². The number of carbonyl (C=O) groups is 1. The van der Waals surface area contributed by atoms with Gasteiger partial charge in [-0.05, 0) is 39.8 Å². The van der Waals surface area contributed by atoms with E-state index in [1.54, 1.807) is 0 Å². The third kappa shape index (κ3) is 2.08. The molecule has 0 aromatic carbocycles. The van der Waals surface area contributed by atoms with Crippen molar-refractivity contribution >= 4 is 5.91 Å². The highest BCUT2D eigenvalue weighted by Gasteiger charge is 2.34. The molecule has 0 atom stereocenters. The van der Waals surface area contributed by atoms with Gasteiger partial charge in [-0.1, -0.05) is 0 Å². The lowest BCUT2D eigenvalue weighted by Crippen LogP contribution is -2.44. The summed E-state index contributed by atoms with van der Waals surface area (Å²) in [6, 6.07) is 0.679. The Balaban J connectivity index is 1.80. The summed E-state index contributed by atoms with van der Waals surface area (Å²) < 4.78 is 0. The maximum absolute atomic E-state index is 11.7. The third-order valence-corrected chi connectivity index (χ3v) is 3.43. The van der Waals surface area contributed by atoms with Crippen LogP contribution in [0.1, 0.15) is 25.7 Å². The molecule has 0 radical (unpaired) electrons. The van der Waals surface area contributed by atoms with Crippen LogP contribution in [0.15, 0.2) is 0 Å². The maximum Gasteiger partial charge on any atom is 0.225 e. The van der Waals surface area contributed by atoms with Crippen LogP contribution in [-0.4, -0.2) is 48.9 Å². The highest BCUT2D eigenvalue weighted by atomic mass is 16.2. The van der Waals surface area contributed by atoms with E-state index in [-0.39, 0.29) is 0 Å². The molecule has 1 amide bonds. The standard InChI is InChI=1S/C11H20N2O/c1-12(2)10-5-7-13(8-6-10)11(14)9-3-4-9/h9-10H,3-8H2,1-2H3. The molecule has 2 rings (SSSR count). The Kier molecular flexibility index (Phi) is 2.77. The van der Waals surface area contributed by atoms with Crippen LogP contribution in [0, 0.1) is 5.92 Å². The summed E-state index contributed by atoms with van der Waals surface area (Å²) in [6.07, 6.45) is 4.55. The fourth-order valence-electron chi connectivity index (χ4n) is 2.19. The van der Waals surface area contributed by atoms with Gasteiger partial charge in [-0.15, -0.1) is 0 Å². The molecule has 1 aliphatic heterocycles. The molecule has 0 unspecified atom stereocenters. The van der Waals surface area contributed by atoms with E-state index in [0.717, 1.165) is 38.8 Å². The zero-order valence-electron chi connectivity index (χ0n) is 9.20. The van der Waals surface area contributed by atoms with Gasteiger partial charge in [0.05, 0.1) is 0 Å². The minimum absolute atomic E-state index is 0.394. The van der Waals surface area contributed by atoms with Crippen LogP contribution in [0.2, 0.25) is 0 Å². The van der Waals surface area contributed by atoms with Gasteiger partial charge in [-0.3, -0.25) is 4.79 Å². The molecule has 14 heavy (non-hydrogen) atoms. The number of hydrogen-bond acceptors (Lipinski definition) is 2. The van der Waals surface area contributed by atoms with Crippen LogP contribution < -0.4 is 0 Å². The Morgan fingerprint density at radius 2 is 1.71 bits per heavy atom. The van der Waals surface area contributed by atoms with E-state index in [1.165, 1.54) is 0 Å². The van der Waals surface area contributed by atoms with Gasteiger partial charge in [0, 0.05) is 25.0 Å². The van der Waals surface area contributed by atoms with Crippen LogP contribution in [0.4, 0.5) is 0 Å². The number of nitrogens with zero attached hydrogens (tertiary/aromatic N) is 2. The van der Waals surface area contributed by atoms with Crippen molar-refractivity contribution in [1.29, 1.82) is 0 Å². The smallest absolute Gasteiger partial charge is 0.225 e. The van der Waals surface area contributed by atoms with Crippen molar-refractivity contribution in [2.24, 2.45) is 5.92 Å². The van der Waals surface area contributed by atoms with Crippen molar-refractivity contribution in [2.75, 3.05) is 27.2 Å². The number of likely N-dealkylation sites (tertiary alicyclic amines) is 1. The summed E-state index contributed by atoms with van der Waals surface area (Å²) in [7, 11) is 4.26. The second kappa shape index (κ2) is 3.89. The van der Waals surface area contributed by atoms with Gasteiger partial charge in [0.2, 0.25) is 5.91 Å². The lowest BCUT2D eigenvalue weighted by Gasteiger charge is -2.35. The predicted molar refractivity (Wildman–Crippen MR) is 56.0 cm³/mol. The Morgan fingerprint density at radius 3 is 2.14 bits per heavy atom. The summed E-state index contributed by atoms with van der Waals surface area (Å²) in [5.74, 6) is 0.813. The Labute approximate surface area is 86.1 Å². The van der Waals surface area contributed by atoms with Gasteiger partial charge >= 0.3 is 0 Å². The van der Waals surface area contributed by atoms with Crippen LogP contribution in [0.25, 0.3) is 0 Å². The van der Waals surface area contributed by atoms with Crippen molar-refractivity contribution in [3.05, 3.63) is 0 Å². The van der Waals surface area contributed by atoms with Gasteiger partial charge in [-0.2, -0.15) is 0 Å². The maximum atomic E-state index is 11.7. The van der Waals surface area contributed by atoms with Crippen LogP contribution in [-0.2, 0) is 4.79 Å². The first-order chi connectivity index (χ1) is 6.68. The second-order valence-corrected chi connectivity index (χ2v) is 4.79. The summed E-state index contributed by atoms with van der Waals surface area (Å²) >= 11 is 0. The molecule has 1 saturated carbocycles. The van der Waals surface area contributed by atoms with Gasteiger partial charge in [0.15, 0.2) is 0 Å². The summed E-state index contributed by atoms with van der Waals surface area (Å²) in [4.78, 5) is 16.1. The van der Waals surface area contributed by atoms with Crippen molar-refractivity contribution in [3.8, 4) is 0 Å². The average molecular weight is 196 g/mol. The van der Waals surface area contributed by atoms with Crippen LogP contribution >= 0.6 is 0 Å². The lowest BCUT2D eigenvalue weighted by atomic mass is 10.0. The van der Waals surface area contributed by atoms with E-state index in [1.807, 2.05) is 0 Å². The Morgan fingerprint density at radius 1 is 1.14 bits per heavy atom. The van der Waals surface area contributed by atoms with Gasteiger partial charge < -0.3 is 9.80 Å². The first kappa shape index (κ1) is 9.97. The number of rotatable bonds is 2. The molecule has 0 aromatic rings. The topological polar surface area (TPSA) is 23.6 Å². The van der Waals surface area contributed by atoms with Gasteiger partial charge in [0.25, 0.3) is 0 Å². The van der Waals surface area contributed by atoms with Gasteiger partial charge in [0.1, 0.15) is 0 Å². The molecule has 0 bridgehead atoms. The molecule has 1 saturated heterocycles. The molecule has 1 aliphatic carbocycles. The van der Waals surface area contributed by atoms with E-state index < -0.39 is 0 Å². The number of hydrogen-bond donors (Lipinski definition) is 0. The molecule has 0 N–H and O–H groups in total. The quantitative estimate of drug-likeness (QED) is 0.656. The van der Waals surface area contributed by atoms with Crippen LogP contribution in [0.5, 0.6) is 0 Å². The highest BCUT2D eigenvalue weighted by Crippen LogP contribution is 2.32. The van der Waals surface area contributed by atoms with Crippen molar-refractivity contribution in [3.63, 3.8) is 0 Å². The van der Waals surface area contributed by atoms with Crippen LogP contribution in [0.3, 0.4) is 0 Å². The molecular weight excluding hydrogens is 176 g/mol. The molecule has 1 heterocycles. The van der Waals surface area contributed by atoms with Crippen molar-refractivity contribution in [1.82, 2.24) is 9.80 Å². The highest BCUT2D eigenvalue weighted by molar-refractivity contribution is 5.81. The molecule has 0 aromatic heterocycles. The molecule has 3 heteroatoms. The monoisotopic (exact) mass is 196 g/mol. The number of amides is 1. The third-order valence-electron chi connectivity index (χ3n) is 3.43. The second-order valence-electron chi connectivity index (χ2n) is 4.79. The fraction of sp³-hybridized carbons (Fsp3) is 0.909. The summed E-state index contributed by atoms with van der Waals surface area (Å²) in [6.45, 7) is 1.94. The molecular formula is C11H20N2O. The van der Waals surface area contributed by atoms with E-state index in [4.69, 9.17) is 0 Å². The van der Waals surface area contributed by atoms with Gasteiger partial charge in [-0.25, -0.2) is 0 Å². The molecule has 3 nitrogen and oxygen atoms in total. The fourth-order valence-corrected chi connectivity index (χ4v) is 2.19. The zero-order chi connectivity index (χ0) is 10.1. The van der Waals surface area contributed by atoms with E-state index >= 15 is 0 Å². The lowest BCUT2D eigenvalue weighted by molar-refractivity contribution is -0.134. The SMILES string of the molecule is CN(C)C1CCN(C(=O)C2CC2)CC1. The molecule has 2 fully saturated rings. The average Bonchev–Trinajstić information content (AvgIpc) is 3.00. The first-order valence-electron chi connectivity index (χ1n) is 5.63. The Bertz CT molecular complexity index is 215. The molecule has 0 spiro atoms. The zero-order valence-corrected chi connectivity index (χ0v) is 9.20. The summed E-state index contributed by atoms with van der Waals surface area (Å²) in [5, 5.41) is 0. The minimum Gasteiger partial charge on any atom is -0.342 e. The van der Waals surface area contributed by atoms with E-state index in [2.05, 4.69) is 23.9 Å². The molecule has 2 aliphatic rings. The first-order valence-corrected chi connectivity index (χ1v) is 5.63. The Hall–Kier alpha value is -0.570. The number of carbonyl (C=O) groups excluding carboxylic acids is 1.